The molecular formula is C18H16F6N2O3S. The number of benzene rings is 1. The molecule has 2 atom stereocenters. The minimum atomic E-state index is -4.73. The molecule has 3 rings (SSSR count). The van der Waals surface area contributed by atoms with Crippen LogP contribution in [0.1, 0.15) is 42.8 Å². The van der Waals surface area contributed by atoms with Gasteiger partial charge in [0.05, 0.1) is 21.3 Å². The number of hydrogen-bond donors (Lipinski definition) is 0. The predicted molar refractivity (Wildman–Crippen MR) is 92.0 cm³/mol. The van der Waals surface area contributed by atoms with Gasteiger partial charge in [-0.25, -0.2) is 18.4 Å². The topological polar surface area (TPSA) is 69.2 Å². The van der Waals surface area contributed by atoms with Crippen LogP contribution in [0.25, 0.3) is 0 Å². The first-order chi connectivity index (χ1) is 13.7. The zero-order valence-corrected chi connectivity index (χ0v) is 16.3. The number of halogens is 6. The van der Waals surface area contributed by atoms with Crippen molar-refractivity contribution < 1.29 is 39.5 Å². The summed E-state index contributed by atoms with van der Waals surface area (Å²) >= 11 is 0. The van der Waals surface area contributed by atoms with Crippen LogP contribution in [0, 0.1) is 0 Å². The Morgan fingerprint density at radius 2 is 1.70 bits per heavy atom. The van der Waals surface area contributed by atoms with Crippen molar-refractivity contribution in [1.82, 2.24) is 9.97 Å². The predicted octanol–water partition coefficient (Wildman–Crippen LogP) is 4.60. The molecule has 0 bridgehead atoms. The van der Waals surface area contributed by atoms with E-state index >= 15 is 0 Å². The molecule has 5 nitrogen and oxygen atoms in total. The van der Waals surface area contributed by atoms with Crippen LogP contribution in [-0.4, -0.2) is 29.7 Å². The third-order valence-electron chi connectivity index (χ3n) is 4.98. The minimum absolute atomic E-state index is 0.00354. The van der Waals surface area contributed by atoms with Gasteiger partial charge in [0.15, 0.2) is 9.84 Å². The van der Waals surface area contributed by atoms with Crippen LogP contribution in [0.5, 0.6) is 0 Å². The average Bonchev–Trinajstić information content (AvgIpc) is 2.67. The van der Waals surface area contributed by atoms with Crippen molar-refractivity contribution in [2.75, 3.05) is 6.61 Å². The summed E-state index contributed by atoms with van der Waals surface area (Å²) in [7, 11) is -4.22. The Morgan fingerprint density at radius 1 is 1.07 bits per heavy atom. The van der Waals surface area contributed by atoms with Gasteiger partial charge < -0.3 is 4.74 Å². The number of alkyl halides is 6. The van der Waals surface area contributed by atoms with Crippen molar-refractivity contribution >= 4 is 9.84 Å². The standard InChI is InChI=1S/C18H16F6N2O3S/c1-16(30(27,28)13-4-2-3-12(7-13)17(19,20)21)5-6-29-14(8-16)11-9-25-15(26-10-11)18(22,23)24/h2-4,7,9-10,14H,5-6,8H2,1H3/t14?,16-/m1/s1. The first kappa shape index (κ1) is 22.5. The van der Waals surface area contributed by atoms with Crippen LogP contribution in [0.15, 0.2) is 41.6 Å². The second-order valence-electron chi connectivity index (χ2n) is 7.13. The zero-order chi connectivity index (χ0) is 22.4. The summed E-state index contributed by atoms with van der Waals surface area (Å²) < 4.78 is 107. The Kier molecular flexibility index (Phi) is 5.61. The molecule has 1 fully saturated rings. The summed E-state index contributed by atoms with van der Waals surface area (Å²) in [5.41, 5.74) is -0.944. The second-order valence-corrected chi connectivity index (χ2v) is 9.59. The van der Waals surface area contributed by atoms with E-state index < -0.39 is 49.3 Å². The van der Waals surface area contributed by atoms with Gasteiger partial charge in [0.25, 0.3) is 0 Å². The molecule has 0 saturated carbocycles. The van der Waals surface area contributed by atoms with Crippen LogP contribution < -0.4 is 0 Å². The lowest BCUT2D eigenvalue weighted by Crippen LogP contribution is -2.42. The lowest BCUT2D eigenvalue weighted by molar-refractivity contribution is -0.145. The number of aromatic nitrogens is 2. The van der Waals surface area contributed by atoms with E-state index in [2.05, 4.69) is 9.97 Å². The van der Waals surface area contributed by atoms with Crippen LogP contribution in [0.3, 0.4) is 0 Å². The number of rotatable bonds is 3. The fourth-order valence-corrected chi connectivity index (χ4v) is 5.03. The summed E-state index contributed by atoms with van der Waals surface area (Å²) in [5.74, 6) is -1.35. The van der Waals surface area contributed by atoms with Gasteiger partial charge in [-0.1, -0.05) is 6.07 Å². The molecule has 164 valence electrons. The van der Waals surface area contributed by atoms with Gasteiger partial charge >= 0.3 is 12.4 Å². The van der Waals surface area contributed by atoms with Crippen molar-refractivity contribution in [3.63, 3.8) is 0 Å². The highest BCUT2D eigenvalue weighted by Gasteiger charge is 2.46. The van der Waals surface area contributed by atoms with E-state index in [4.69, 9.17) is 4.74 Å². The highest BCUT2D eigenvalue weighted by Crippen LogP contribution is 2.42. The van der Waals surface area contributed by atoms with Gasteiger partial charge in [0, 0.05) is 24.6 Å². The molecule has 1 aromatic carbocycles. The Labute approximate surface area is 168 Å². The van der Waals surface area contributed by atoms with Gasteiger partial charge in [-0.15, -0.1) is 0 Å². The monoisotopic (exact) mass is 454 g/mol. The van der Waals surface area contributed by atoms with Crippen molar-refractivity contribution in [3.05, 3.63) is 53.6 Å². The number of hydrogen-bond acceptors (Lipinski definition) is 5. The largest absolute Gasteiger partial charge is 0.451 e. The van der Waals surface area contributed by atoms with Gasteiger partial charge in [-0.2, -0.15) is 26.3 Å². The summed E-state index contributed by atoms with van der Waals surface area (Å²) in [6.45, 7) is 1.32. The first-order valence-corrected chi connectivity index (χ1v) is 10.1. The van der Waals surface area contributed by atoms with E-state index in [0.29, 0.717) is 6.07 Å². The molecular weight excluding hydrogens is 438 g/mol. The first-order valence-electron chi connectivity index (χ1n) is 8.67. The minimum Gasteiger partial charge on any atom is -0.373 e. The number of nitrogens with zero attached hydrogens (tertiary/aromatic N) is 2. The molecule has 1 aromatic heterocycles. The van der Waals surface area contributed by atoms with Gasteiger partial charge in [0.2, 0.25) is 5.82 Å². The summed E-state index contributed by atoms with van der Waals surface area (Å²) in [4.78, 5) is 6.00. The van der Waals surface area contributed by atoms with Crippen LogP contribution in [0.2, 0.25) is 0 Å². The average molecular weight is 454 g/mol. The maximum atomic E-state index is 13.1. The highest BCUT2D eigenvalue weighted by molar-refractivity contribution is 7.92. The van der Waals surface area contributed by atoms with E-state index in [1.54, 1.807) is 0 Å². The molecule has 0 N–H and O–H groups in total. The smallest absolute Gasteiger partial charge is 0.373 e. The molecule has 1 aliphatic rings. The Balaban J connectivity index is 1.90. The van der Waals surface area contributed by atoms with Crippen molar-refractivity contribution in [1.29, 1.82) is 0 Å². The molecule has 1 saturated heterocycles. The SMILES string of the molecule is C[C@@]1(S(=O)(=O)c2cccc(C(F)(F)F)c2)CCOC(c2cnc(C(F)(F)F)nc2)C1. The van der Waals surface area contributed by atoms with Crippen LogP contribution >= 0.6 is 0 Å². The van der Waals surface area contributed by atoms with E-state index in [1.807, 2.05) is 0 Å². The molecule has 30 heavy (non-hydrogen) atoms. The summed E-state index contributed by atoms with van der Waals surface area (Å²) in [6.07, 6.45) is -8.72. The number of ether oxygens (including phenoxy) is 1. The molecule has 0 spiro atoms. The Bertz CT molecular complexity index is 1020. The van der Waals surface area contributed by atoms with E-state index in [0.717, 1.165) is 30.6 Å². The Hall–Kier alpha value is -2.21. The summed E-state index contributed by atoms with van der Waals surface area (Å²) in [6, 6.07) is 3.45. The lowest BCUT2D eigenvalue weighted by Gasteiger charge is -2.37. The van der Waals surface area contributed by atoms with Crippen molar-refractivity contribution in [2.45, 2.75) is 47.9 Å². The fourth-order valence-electron chi connectivity index (χ4n) is 3.20. The van der Waals surface area contributed by atoms with Crippen molar-refractivity contribution in [2.24, 2.45) is 0 Å². The zero-order valence-electron chi connectivity index (χ0n) is 15.5. The highest BCUT2D eigenvalue weighted by atomic mass is 32.2. The summed E-state index contributed by atoms with van der Waals surface area (Å²) in [5, 5.41) is 0. The molecule has 0 radical (unpaired) electrons. The Morgan fingerprint density at radius 3 is 2.27 bits per heavy atom. The third-order valence-corrected chi connectivity index (χ3v) is 7.53. The van der Waals surface area contributed by atoms with E-state index in [1.165, 1.54) is 6.92 Å². The maximum absolute atomic E-state index is 13.1. The fraction of sp³-hybridized carbons (Fsp3) is 0.444. The molecule has 2 aromatic rings. The quantitative estimate of drug-likeness (QED) is 0.635. The molecule has 1 unspecified atom stereocenters. The van der Waals surface area contributed by atoms with Crippen LogP contribution in [0.4, 0.5) is 26.3 Å². The van der Waals surface area contributed by atoms with Gasteiger partial charge in [-0.05, 0) is 38.0 Å². The van der Waals surface area contributed by atoms with Gasteiger partial charge in [0.1, 0.15) is 0 Å². The number of sulfone groups is 1. The second kappa shape index (κ2) is 7.49. The van der Waals surface area contributed by atoms with E-state index in [-0.39, 0.29) is 25.0 Å². The normalized spacial score (nSPS) is 23.4. The van der Waals surface area contributed by atoms with E-state index in [9.17, 15) is 34.8 Å². The lowest BCUT2D eigenvalue weighted by atomic mass is 9.93. The maximum Gasteiger partial charge on any atom is 0.451 e. The molecule has 12 heteroatoms. The molecule has 2 heterocycles. The van der Waals surface area contributed by atoms with Crippen molar-refractivity contribution in [3.8, 4) is 0 Å². The van der Waals surface area contributed by atoms with Gasteiger partial charge in [-0.3, -0.25) is 0 Å². The molecule has 0 amide bonds. The molecule has 0 aliphatic carbocycles. The van der Waals surface area contributed by atoms with Crippen LogP contribution in [-0.2, 0) is 26.9 Å². The third kappa shape index (κ3) is 4.29. The molecule has 1 aliphatic heterocycles.